The topological polar surface area (TPSA) is 29.5 Å². The Hall–Kier alpha value is -0.540. The Bertz CT molecular complexity index is 374. The van der Waals surface area contributed by atoms with Crippen LogP contribution in [0.3, 0.4) is 0 Å². The number of hydrogen-bond donors (Lipinski definition) is 1. The van der Waals surface area contributed by atoms with Crippen LogP contribution < -0.4 is 4.74 Å². The van der Waals surface area contributed by atoms with Crippen LogP contribution in [0.15, 0.2) is 16.6 Å². The molecule has 0 aliphatic heterocycles. The second kappa shape index (κ2) is 5.40. The minimum atomic E-state index is -0.797. The second-order valence-electron chi connectivity index (χ2n) is 5.17. The van der Waals surface area contributed by atoms with Gasteiger partial charge in [0.05, 0.1) is 5.60 Å². The molecule has 2 nitrogen and oxygen atoms in total. The van der Waals surface area contributed by atoms with Crippen LogP contribution in [-0.4, -0.2) is 17.3 Å². The molecular formula is C14H21BrO2. The quantitative estimate of drug-likeness (QED) is 0.915. The van der Waals surface area contributed by atoms with Crippen molar-refractivity contribution in [3.63, 3.8) is 0 Å². The lowest BCUT2D eigenvalue weighted by Gasteiger charge is -2.27. The molecule has 0 heterocycles. The van der Waals surface area contributed by atoms with Crippen molar-refractivity contribution in [3.05, 3.63) is 27.7 Å². The van der Waals surface area contributed by atoms with Gasteiger partial charge in [0.25, 0.3) is 0 Å². The SMILES string of the molecule is Cc1cc(OCC(C)(O)C(C)C)cc(C)c1Br. The largest absolute Gasteiger partial charge is 0.491 e. The van der Waals surface area contributed by atoms with E-state index in [1.165, 1.54) is 0 Å². The van der Waals surface area contributed by atoms with Gasteiger partial charge in [-0.05, 0) is 49.9 Å². The molecule has 1 unspecified atom stereocenters. The first kappa shape index (κ1) is 14.5. The summed E-state index contributed by atoms with van der Waals surface area (Å²) in [6.07, 6.45) is 0. The predicted octanol–water partition coefficient (Wildman–Crippen LogP) is 3.85. The summed E-state index contributed by atoms with van der Waals surface area (Å²) >= 11 is 3.52. The van der Waals surface area contributed by atoms with Gasteiger partial charge >= 0.3 is 0 Å². The zero-order valence-electron chi connectivity index (χ0n) is 11.2. The van der Waals surface area contributed by atoms with E-state index >= 15 is 0 Å². The highest BCUT2D eigenvalue weighted by molar-refractivity contribution is 9.10. The summed E-state index contributed by atoms with van der Waals surface area (Å²) in [5, 5.41) is 10.1. The van der Waals surface area contributed by atoms with Crippen molar-refractivity contribution in [1.82, 2.24) is 0 Å². The van der Waals surface area contributed by atoms with Crippen LogP contribution in [0.2, 0.25) is 0 Å². The number of benzene rings is 1. The van der Waals surface area contributed by atoms with Crippen LogP contribution >= 0.6 is 15.9 Å². The van der Waals surface area contributed by atoms with Crippen LogP contribution in [0.4, 0.5) is 0 Å². The Balaban J connectivity index is 2.77. The van der Waals surface area contributed by atoms with Crippen LogP contribution in [0, 0.1) is 19.8 Å². The molecule has 1 N–H and O–H groups in total. The molecule has 0 radical (unpaired) electrons. The standard InChI is InChI=1S/C14H21BrO2/c1-9(2)14(5,16)8-17-12-6-10(3)13(15)11(4)7-12/h6-7,9,16H,8H2,1-5H3. The van der Waals surface area contributed by atoms with Gasteiger partial charge < -0.3 is 9.84 Å². The molecule has 17 heavy (non-hydrogen) atoms. The van der Waals surface area contributed by atoms with E-state index in [9.17, 15) is 5.11 Å². The molecule has 0 saturated heterocycles. The third-order valence-electron chi connectivity index (χ3n) is 3.18. The molecule has 3 heteroatoms. The molecule has 1 atom stereocenters. The summed E-state index contributed by atoms with van der Waals surface area (Å²) < 4.78 is 6.79. The van der Waals surface area contributed by atoms with E-state index in [2.05, 4.69) is 15.9 Å². The molecule has 1 aromatic rings. The molecule has 1 aromatic carbocycles. The molecule has 96 valence electrons. The lowest BCUT2D eigenvalue weighted by atomic mass is 9.94. The maximum Gasteiger partial charge on any atom is 0.120 e. The number of hydrogen-bond acceptors (Lipinski definition) is 2. The highest BCUT2D eigenvalue weighted by atomic mass is 79.9. The third kappa shape index (κ3) is 3.71. The maximum absolute atomic E-state index is 10.1. The van der Waals surface area contributed by atoms with Gasteiger partial charge in [-0.15, -0.1) is 0 Å². The number of rotatable bonds is 4. The summed E-state index contributed by atoms with van der Waals surface area (Å²) in [7, 11) is 0. The zero-order chi connectivity index (χ0) is 13.2. The van der Waals surface area contributed by atoms with Gasteiger partial charge in [-0.2, -0.15) is 0 Å². The average molecular weight is 301 g/mol. The van der Waals surface area contributed by atoms with Crippen LogP contribution in [-0.2, 0) is 0 Å². The lowest BCUT2D eigenvalue weighted by Crippen LogP contribution is -2.37. The monoisotopic (exact) mass is 300 g/mol. The van der Waals surface area contributed by atoms with Crippen molar-refractivity contribution in [2.75, 3.05) is 6.61 Å². The number of halogens is 1. The fourth-order valence-electron chi connectivity index (χ4n) is 1.39. The van der Waals surface area contributed by atoms with Gasteiger partial charge in [0.2, 0.25) is 0 Å². The first-order valence-electron chi connectivity index (χ1n) is 5.86. The molecule has 0 bridgehead atoms. The normalized spacial score (nSPS) is 14.8. The molecule has 0 aliphatic carbocycles. The third-order valence-corrected chi connectivity index (χ3v) is 4.44. The Labute approximate surface area is 112 Å². The fourth-order valence-corrected chi connectivity index (χ4v) is 1.61. The van der Waals surface area contributed by atoms with E-state index in [0.29, 0.717) is 6.61 Å². The Morgan fingerprint density at radius 2 is 1.76 bits per heavy atom. The van der Waals surface area contributed by atoms with Crippen LogP contribution in [0.5, 0.6) is 5.75 Å². The number of aryl methyl sites for hydroxylation is 2. The van der Waals surface area contributed by atoms with E-state index in [-0.39, 0.29) is 5.92 Å². The molecule has 0 aliphatic rings. The summed E-state index contributed by atoms with van der Waals surface area (Å²) in [6.45, 7) is 10.2. The molecule has 0 amide bonds. The van der Waals surface area contributed by atoms with E-state index in [1.54, 1.807) is 6.92 Å². The number of ether oxygens (including phenoxy) is 1. The van der Waals surface area contributed by atoms with E-state index < -0.39 is 5.60 Å². The highest BCUT2D eigenvalue weighted by Crippen LogP contribution is 2.27. The van der Waals surface area contributed by atoms with Crippen LogP contribution in [0.1, 0.15) is 31.9 Å². The van der Waals surface area contributed by atoms with Gasteiger partial charge in [-0.25, -0.2) is 0 Å². The fraction of sp³-hybridized carbons (Fsp3) is 0.571. The maximum atomic E-state index is 10.1. The van der Waals surface area contributed by atoms with Crippen LogP contribution in [0.25, 0.3) is 0 Å². The molecular weight excluding hydrogens is 280 g/mol. The Kier molecular flexibility index (Phi) is 4.62. The molecule has 0 aromatic heterocycles. The minimum Gasteiger partial charge on any atom is -0.491 e. The minimum absolute atomic E-state index is 0.167. The van der Waals surface area contributed by atoms with Crippen molar-refractivity contribution in [2.45, 2.75) is 40.2 Å². The average Bonchev–Trinajstić information content (AvgIpc) is 2.22. The van der Waals surface area contributed by atoms with Gasteiger partial charge in [-0.1, -0.05) is 29.8 Å². The van der Waals surface area contributed by atoms with Gasteiger partial charge in [0, 0.05) is 4.47 Å². The van der Waals surface area contributed by atoms with E-state index in [0.717, 1.165) is 21.3 Å². The van der Waals surface area contributed by atoms with Crippen molar-refractivity contribution in [2.24, 2.45) is 5.92 Å². The van der Waals surface area contributed by atoms with E-state index in [1.807, 2.05) is 39.8 Å². The first-order valence-corrected chi connectivity index (χ1v) is 6.65. The van der Waals surface area contributed by atoms with Gasteiger partial charge in [0.1, 0.15) is 12.4 Å². The highest BCUT2D eigenvalue weighted by Gasteiger charge is 2.25. The lowest BCUT2D eigenvalue weighted by molar-refractivity contribution is -0.0266. The van der Waals surface area contributed by atoms with Crippen molar-refractivity contribution >= 4 is 15.9 Å². The zero-order valence-corrected chi connectivity index (χ0v) is 12.8. The first-order chi connectivity index (χ1) is 7.74. The van der Waals surface area contributed by atoms with E-state index in [4.69, 9.17) is 4.74 Å². The summed E-state index contributed by atoms with van der Waals surface area (Å²) in [5.74, 6) is 0.976. The summed E-state index contributed by atoms with van der Waals surface area (Å²) in [4.78, 5) is 0. The molecule has 0 fully saturated rings. The van der Waals surface area contributed by atoms with Gasteiger partial charge in [0.15, 0.2) is 0 Å². The Morgan fingerprint density at radius 3 is 2.18 bits per heavy atom. The molecule has 0 spiro atoms. The molecule has 1 rings (SSSR count). The molecule has 0 saturated carbocycles. The van der Waals surface area contributed by atoms with Gasteiger partial charge in [-0.3, -0.25) is 0 Å². The summed E-state index contributed by atoms with van der Waals surface area (Å²) in [5.41, 5.74) is 1.49. The number of aliphatic hydroxyl groups is 1. The predicted molar refractivity (Wildman–Crippen MR) is 74.6 cm³/mol. The Morgan fingerprint density at radius 1 is 1.29 bits per heavy atom. The smallest absolute Gasteiger partial charge is 0.120 e. The van der Waals surface area contributed by atoms with Crippen molar-refractivity contribution < 1.29 is 9.84 Å². The second-order valence-corrected chi connectivity index (χ2v) is 5.96. The summed E-state index contributed by atoms with van der Waals surface area (Å²) in [6, 6.07) is 3.96. The van der Waals surface area contributed by atoms with Crippen molar-refractivity contribution in [3.8, 4) is 5.75 Å². The van der Waals surface area contributed by atoms with Crippen molar-refractivity contribution in [1.29, 1.82) is 0 Å².